The SMILES string of the molecule is O=C(O)Cc1ccc(-c2nc([C@@H]3CCc4cc(-c5cc(Cl)ccc5-n5cnnn5)cc(=O)n43)[nH]c2Cl)cc1. The van der Waals surface area contributed by atoms with Crippen molar-refractivity contribution >= 4 is 29.2 Å². The minimum absolute atomic E-state index is 0.0595. The minimum atomic E-state index is -0.895. The van der Waals surface area contributed by atoms with Gasteiger partial charge in [-0.25, -0.2) is 4.98 Å². The molecule has 0 spiro atoms. The summed E-state index contributed by atoms with van der Waals surface area (Å²) < 4.78 is 3.26. The van der Waals surface area contributed by atoms with E-state index in [9.17, 15) is 9.59 Å². The summed E-state index contributed by atoms with van der Waals surface area (Å²) in [7, 11) is 0. The van der Waals surface area contributed by atoms with Crippen molar-refractivity contribution in [1.82, 2.24) is 34.7 Å². The molecule has 0 fully saturated rings. The fourth-order valence-corrected chi connectivity index (χ4v) is 5.31. The number of H-pyrrole nitrogens is 1. The molecule has 5 aromatic rings. The van der Waals surface area contributed by atoms with Crippen molar-refractivity contribution in [2.24, 2.45) is 0 Å². The van der Waals surface area contributed by atoms with Gasteiger partial charge in [0, 0.05) is 27.9 Å². The first-order valence-electron chi connectivity index (χ1n) is 11.7. The summed E-state index contributed by atoms with van der Waals surface area (Å²) in [5.41, 5.74) is 4.84. The number of hydrogen-bond acceptors (Lipinski definition) is 6. The number of tetrazole rings is 1. The first-order valence-corrected chi connectivity index (χ1v) is 12.5. The van der Waals surface area contributed by atoms with Gasteiger partial charge in [-0.2, -0.15) is 4.68 Å². The van der Waals surface area contributed by atoms with E-state index in [1.807, 2.05) is 12.1 Å². The third kappa shape index (κ3) is 4.37. The van der Waals surface area contributed by atoms with Crippen LogP contribution in [0, 0.1) is 0 Å². The molecule has 190 valence electrons. The Hall–Kier alpha value is -4.28. The smallest absolute Gasteiger partial charge is 0.307 e. The van der Waals surface area contributed by atoms with Gasteiger partial charge in [0.1, 0.15) is 23.0 Å². The van der Waals surface area contributed by atoms with E-state index >= 15 is 0 Å². The molecule has 4 heterocycles. The normalized spacial score (nSPS) is 14.5. The molecule has 1 aliphatic rings. The zero-order valence-electron chi connectivity index (χ0n) is 19.7. The van der Waals surface area contributed by atoms with Crippen LogP contribution in [0.5, 0.6) is 0 Å². The quantitative estimate of drug-likeness (QED) is 0.323. The standard InChI is InChI=1S/C26H19Cl2N7O3/c27-17-5-7-20(34-13-29-32-33-34)19(12-17)16-10-18-6-8-21(35(18)22(36)11-16)26-30-24(25(28)31-26)15-3-1-14(2-4-15)9-23(37)38/h1-5,7,10-13,21H,6,8-9H2,(H,30,31)(H,37,38)/t21-/m0/s1. The van der Waals surface area contributed by atoms with Gasteiger partial charge in [-0.15, -0.1) is 5.10 Å². The number of pyridine rings is 1. The number of aromatic amines is 1. The van der Waals surface area contributed by atoms with E-state index in [1.54, 1.807) is 47.0 Å². The van der Waals surface area contributed by atoms with E-state index < -0.39 is 5.97 Å². The monoisotopic (exact) mass is 547 g/mol. The fourth-order valence-electron chi connectivity index (χ4n) is 4.89. The topological polar surface area (TPSA) is 132 Å². The van der Waals surface area contributed by atoms with Crippen molar-refractivity contribution in [1.29, 1.82) is 0 Å². The second kappa shape index (κ2) is 9.55. The lowest BCUT2D eigenvalue weighted by Gasteiger charge is -2.15. The molecule has 1 atom stereocenters. The Morgan fingerprint density at radius 3 is 2.63 bits per heavy atom. The number of fused-ring (bicyclic) bond motifs is 1. The van der Waals surface area contributed by atoms with E-state index in [4.69, 9.17) is 33.3 Å². The van der Waals surface area contributed by atoms with E-state index in [0.717, 1.165) is 22.4 Å². The Morgan fingerprint density at radius 1 is 1.08 bits per heavy atom. The molecule has 0 radical (unpaired) electrons. The number of imidazole rings is 1. The maximum Gasteiger partial charge on any atom is 0.307 e. The second-order valence-electron chi connectivity index (χ2n) is 8.97. The van der Waals surface area contributed by atoms with Gasteiger partial charge in [-0.3, -0.25) is 9.59 Å². The number of hydrogen-bond donors (Lipinski definition) is 2. The van der Waals surface area contributed by atoms with Crippen LogP contribution in [0.2, 0.25) is 10.2 Å². The minimum Gasteiger partial charge on any atom is -0.481 e. The summed E-state index contributed by atoms with van der Waals surface area (Å²) in [5.74, 6) is -0.307. The van der Waals surface area contributed by atoms with Crippen molar-refractivity contribution in [3.8, 4) is 28.1 Å². The lowest BCUT2D eigenvalue weighted by Crippen LogP contribution is -2.24. The molecule has 38 heavy (non-hydrogen) atoms. The van der Waals surface area contributed by atoms with Crippen molar-refractivity contribution in [3.63, 3.8) is 0 Å². The molecule has 0 amide bonds. The summed E-state index contributed by atoms with van der Waals surface area (Å²) in [6.45, 7) is 0. The number of rotatable bonds is 6. The number of carboxylic acids is 1. The third-order valence-electron chi connectivity index (χ3n) is 6.58. The van der Waals surface area contributed by atoms with E-state index in [0.29, 0.717) is 45.8 Å². The Balaban J connectivity index is 1.35. The zero-order chi connectivity index (χ0) is 26.4. The van der Waals surface area contributed by atoms with Crippen LogP contribution in [0.4, 0.5) is 0 Å². The number of halogens is 2. The molecule has 0 bridgehead atoms. The molecule has 1 aliphatic heterocycles. The molecule has 6 rings (SSSR count). The van der Waals surface area contributed by atoms with Gasteiger partial charge in [-0.1, -0.05) is 47.5 Å². The predicted octanol–water partition coefficient (Wildman–Crippen LogP) is 4.35. The second-order valence-corrected chi connectivity index (χ2v) is 9.78. The molecule has 0 aliphatic carbocycles. The number of aliphatic carboxylic acids is 1. The van der Waals surface area contributed by atoms with Crippen molar-refractivity contribution in [3.05, 3.63) is 98.5 Å². The van der Waals surface area contributed by atoms with Gasteiger partial charge in [0.25, 0.3) is 5.56 Å². The highest BCUT2D eigenvalue weighted by Gasteiger charge is 2.29. The summed E-state index contributed by atoms with van der Waals surface area (Å²) in [5, 5.41) is 21.3. The Labute approximate surface area is 225 Å². The Morgan fingerprint density at radius 2 is 1.89 bits per heavy atom. The molecule has 0 saturated carbocycles. The largest absolute Gasteiger partial charge is 0.481 e. The van der Waals surface area contributed by atoms with Gasteiger partial charge in [0.05, 0.1) is 18.2 Å². The highest BCUT2D eigenvalue weighted by molar-refractivity contribution is 6.32. The average Bonchev–Trinajstić information content (AvgIpc) is 3.64. The van der Waals surface area contributed by atoms with Crippen LogP contribution in [0.3, 0.4) is 0 Å². The summed E-state index contributed by atoms with van der Waals surface area (Å²) in [4.78, 5) is 32.2. The molecule has 12 heteroatoms. The molecule has 2 aromatic carbocycles. The van der Waals surface area contributed by atoms with Crippen LogP contribution in [-0.4, -0.2) is 45.8 Å². The van der Waals surface area contributed by atoms with Crippen LogP contribution >= 0.6 is 23.2 Å². The lowest BCUT2D eigenvalue weighted by molar-refractivity contribution is -0.136. The van der Waals surface area contributed by atoms with Crippen LogP contribution < -0.4 is 5.56 Å². The van der Waals surface area contributed by atoms with Crippen molar-refractivity contribution in [2.45, 2.75) is 25.3 Å². The molecule has 3 aromatic heterocycles. The first-order chi connectivity index (χ1) is 18.4. The molecular weight excluding hydrogens is 529 g/mol. The predicted molar refractivity (Wildman–Crippen MR) is 141 cm³/mol. The maximum absolute atomic E-state index is 13.4. The van der Waals surface area contributed by atoms with Crippen LogP contribution in [0.25, 0.3) is 28.1 Å². The maximum atomic E-state index is 13.4. The van der Waals surface area contributed by atoms with Crippen molar-refractivity contribution in [2.75, 3.05) is 0 Å². The van der Waals surface area contributed by atoms with Gasteiger partial charge in [0.2, 0.25) is 0 Å². The highest BCUT2D eigenvalue weighted by Crippen LogP contribution is 2.36. The number of carboxylic acid groups (broad SMARTS) is 1. The highest BCUT2D eigenvalue weighted by atomic mass is 35.5. The van der Waals surface area contributed by atoms with Gasteiger partial charge >= 0.3 is 5.97 Å². The van der Waals surface area contributed by atoms with Gasteiger partial charge < -0.3 is 14.7 Å². The molecule has 0 saturated heterocycles. The molecular formula is C26H19Cl2N7O3. The van der Waals surface area contributed by atoms with E-state index in [-0.39, 0.29) is 18.0 Å². The van der Waals surface area contributed by atoms with Crippen molar-refractivity contribution < 1.29 is 9.90 Å². The fraction of sp³-hybridized carbons (Fsp3) is 0.154. The van der Waals surface area contributed by atoms with E-state index in [2.05, 4.69) is 20.5 Å². The summed E-state index contributed by atoms with van der Waals surface area (Å²) in [6, 6.07) is 15.7. The summed E-state index contributed by atoms with van der Waals surface area (Å²) in [6.07, 6.45) is 2.78. The Bertz CT molecular complexity index is 1730. The molecule has 0 unspecified atom stereocenters. The van der Waals surface area contributed by atoms with Crippen LogP contribution in [0.15, 0.2) is 65.7 Å². The molecule has 2 N–H and O–H groups in total. The number of nitrogens with one attached hydrogen (secondary N) is 1. The number of benzene rings is 2. The van der Waals surface area contributed by atoms with Gasteiger partial charge in [-0.05, 0) is 58.7 Å². The third-order valence-corrected chi connectivity index (χ3v) is 7.08. The average molecular weight is 548 g/mol. The summed E-state index contributed by atoms with van der Waals surface area (Å²) >= 11 is 12.8. The number of aryl methyl sites for hydroxylation is 1. The zero-order valence-corrected chi connectivity index (χ0v) is 21.2. The first kappa shape index (κ1) is 24.1. The van der Waals surface area contributed by atoms with Crippen LogP contribution in [-0.2, 0) is 17.6 Å². The van der Waals surface area contributed by atoms with Crippen LogP contribution in [0.1, 0.15) is 29.5 Å². The molecule has 10 nitrogen and oxygen atoms in total. The number of nitrogens with zero attached hydrogens (tertiary/aromatic N) is 6. The Kier molecular flexibility index (Phi) is 6.05. The number of aromatic nitrogens is 7. The lowest BCUT2D eigenvalue weighted by atomic mass is 10.0. The number of carbonyl (C=O) groups is 1. The van der Waals surface area contributed by atoms with Gasteiger partial charge in [0.15, 0.2) is 0 Å². The van der Waals surface area contributed by atoms with E-state index in [1.165, 1.54) is 11.0 Å².